The van der Waals surface area contributed by atoms with E-state index in [-0.39, 0.29) is 17.9 Å². The maximum Gasteiger partial charge on any atom is 0.345 e. The van der Waals surface area contributed by atoms with Gasteiger partial charge in [-0.05, 0) is 19.1 Å². The SMILES string of the molecule is CCOC(=O)c1cccnc1COC(F)F. The van der Waals surface area contributed by atoms with E-state index in [0.717, 1.165) is 0 Å². The summed E-state index contributed by atoms with van der Waals surface area (Å²) in [6, 6.07) is 2.98. The van der Waals surface area contributed by atoms with Crippen molar-refractivity contribution in [2.45, 2.75) is 20.1 Å². The first kappa shape index (κ1) is 12.5. The molecule has 0 unspecified atom stereocenters. The molecule has 16 heavy (non-hydrogen) atoms. The highest BCUT2D eigenvalue weighted by atomic mass is 19.3. The molecule has 1 aromatic rings. The van der Waals surface area contributed by atoms with E-state index in [1.807, 2.05) is 0 Å². The van der Waals surface area contributed by atoms with Gasteiger partial charge >= 0.3 is 12.6 Å². The van der Waals surface area contributed by atoms with Gasteiger partial charge in [0.05, 0.1) is 24.5 Å². The number of rotatable bonds is 5. The molecule has 1 heterocycles. The highest BCUT2D eigenvalue weighted by Crippen LogP contribution is 2.10. The Kier molecular flexibility index (Phi) is 4.78. The van der Waals surface area contributed by atoms with Crippen LogP contribution in [0.1, 0.15) is 23.0 Å². The van der Waals surface area contributed by atoms with Gasteiger partial charge in [-0.3, -0.25) is 4.98 Å². The Labute approximate surface area is 91.2 Å². The van der Waals surface area contributed by atoms with Crippen LogP contribution in [-0.4, -0.2) is 24.2 Å². The smallest absolute Gasteiger partial charge is 0.345 e. The zero-order valence-corrected chi connectivity index (χ0v) is 8.65. The lowest BCUT2D eigenvalue weighted by Crippen LogP contribution is -2.11. The Morgan fingerprint density at radius 1 is 1.56 bits per heavy atom. The molecule has 0 aromatic carbocycles. The van der Waals surface area contributed by atoms with Crippen molar-refractivity contribution in [2.24, 2.45) is 0 Å². The van der Waals surface area contributed by atoms with Crippen LogP contribution in [0.5, 0.6) is 0 Å². The Morgan fingerprint density at radius 3 is 2.94 bits per heavy atom. The number of nitrogens with zero attached hydrogens (tertiary/aromatic N) is 1. The Morgan fingerprint density at radius 2 is 2.31 bits per heavy atom. The first-order chi connectivity index (χ1) is 7.65. The van der Waals surface area contributed by atoms with Crippen molar-refractivity contribution >= 4 is 5.97 Å². The molecule has 1 rings (SSSR count). The molecule has 6 heteroatoms. The van der Waals surface area contributed by atoms with Crippen molar-refractivity contribution in [3.05, 3.63) is 29.6 Å². The van der Waals surface area contributed by atoms with Gasteiger partial charge in [0, 0.05) is 6.20 Å². The second-order valence-electron chi connectivity index (χ2n) is 2.79. The first-order valence-electron chi connectivity index (χ1n) is 4.66. The summed E-state index contributed by atoms with van der Waals surface area (Å²) in [6.07, 6.45) is 1.40. The molecule has 0 amide bonds. The Bertz CT molecular complexity index is 358. The van der Waals surface area contributed by atoms with E-state index < -0.39 is 19.2 Å². The van der Waals surface area contributed by atoms with E-state index >= 15 is 0 Å². The average molecular weight is 231 g/mol. The number of aromatic nitrogens is 1. The third kappa shape index (κ3) is 3.54. The summed E-state index contributed by atoms with van der Waals surface area (Å²) in [5.74, 6) is -0.594. The van der Waals surface area contributed by atoms with Crippen LogP contribution in [0.2, 0.25) is 0 Å². The van der Waals surface area contributed by atoms with E-state index in [1.54, 1.807) is 6.92 Å². The van der Waals surface area contributed by atoms with Crippen molar-refractivity contribution in [1.82, 2.24) is 4.98 Å². The zero-order valence-electron chi connectivity index (χ0n) is 8.65. The van der Waals surface area contributed by atoms with Crippen LogP contribution in [-0.2, 0) is 16.1 Å². The number of pyridine rings is 1. The van der Waals surface area contributed by atoms with Gasteiger partial charge in [0.15, 0.2) is 0 Å². The van der Waals surface area contributed by atoms with Gasteiger partial charge in [0.25, 0.3) is 0 Å². The average Bonchev–Trinajstić information content (AvgIpc) is 2.27. The summed E-state index contributed by atoms with van der Waals surface area (Å²) in [4.78, 5) is 15.2. The van der Waals surface area contributed by atoms with Crippen LogP contribution < -0.4 is 0 Å². The van der Waals surface area contributed by atoms with Gasteiger partial charge in [-0.2, -0.15) is 8.78 Å². The predicted octanol–water partition coefficient (Wildman–Crippen LogP) is 2.00. The maximum absolute atomic E-state index is 11.8. The van der Waals surface area contributed by atoms with Crippen LogP contribution in [0.4, 0.5) is 8.78 Å². The number of alkyl halides is 2. The van der Waals surface area contributed by atoms with Gasteiger partial charge in [-0.15, -0.1) is 0 Å². The molecule has 0 spiro atoms. The molecular weight excluding hydrogens is 220 g/mol. The Balaban J connectivity index is 2.78. The van der Waals surface area contributed by atoms with Gasteiger partial charge < -0.3 is 9.47 Å². The summed E-state index contributed by atoms with van der Waals surface area (Å²) < 4.78 is 32.5. The van der Waals surface area contributed by atoms with Crippen LogP contribution in [0.25, 0.3) is 0 Å². The van der Waals surface area contributed by atoms with Crippen LogP contribution in [0.15, 0.2) is 18.3 Å². The third-order valence-corrected chi connectivity index (χ3v) is 1.73. The zero-order chi connectivity index (χ0) is 12.0. The van der Waals surface area contributed by atoms with Crippen LogP contribution in [0.3, 0.4) is 0 Å². The number of ether oxygens (including phenoxy) is 2. The summed E-state index contributed by atoms with van der Waals surface area (Å²) >= 11 is 0. The normalized spacial score (nSPS) is 10.5. The molecule has 0 aliphatic rings. The molecule has 88 valence electrons. The summed E-state index contributed by atoms with van der Waals surface area (Å²) in [5.41, 5.74) is 0.284. The van der Waals surface area contributed by atoms with E-state index in [9.17, 15) is 13.6 Å². The number of esters is 1. The summed E-state index contributed by atoms with van der Waals surface area (Å²) in [6.45, 7) is -1.45. The molecule has 0 bridgehead atoms. The molecule has 1 aromatic heterocycles. The molecule has 0 aliphatic carbocycles. The van der Waals surface area contributed by atoms with Gasteiger partial charge in [-0.25, -0.2) is 4.79 Å². The van der Waals surface area contributed by atoms with E-state index in [1.165, 1.54) is 18.3 Å². The van der Waals surface area contributed by atoms with Gasteiger partial charge in [0.1, 0.15) is 0 Å². The lowest BCUT2D eigenvalue weighted by molar-refractivity contribution is -0.138. The van der Waals surface area contributed by atoms with Crippen molar-refractivity contribution in [3.8, 4) is 0 Å². The molecular formula is C10H11F2NO3. The molecule has 0 atom stereocenters. The minimum atomic E-state index is -2.89. The third-order valence-electron chi connectivity index (χ3n) is 1.73. The largest absolute Gasteiger partial charge is 0.462 e. The molecule has 0 fully saturated rings. The fourth-order valence-corrected chi connectivity index (χ4v) is 1.09. The topological polar surface area (TPSA) is 48.4 Å². The quantitative estimate of drug-likeness (QED) is 0.727. The molecule has 4 nitrogen and oxygen atoms in total. The van der Waals surface area contributed by atoms with Gasteiger partial charge in [-0.1, -0.05) is 0 Å². The standard InChI is InChI=1S/C10H11F2NO3/c1-2-15-9(14)7-4-3-5-13-8(7)6-16-10(11)12/h3-5,10H,2,6H2,1H3. The number of carbonyl (C=O) groups excluding carboxylic acids is 1. The molecule has 0 aliphatic heterocycles. The summed E-state index contributed by atoms with van der Waals surface area (Å²) in [7, 11) is 0. The minimum Gasteiger partial charge on any atom is -0.462 e. The van der Waals surface area contributed by atoms with Crippen molar-refractivity contribution < 1.29 is 23.0 Å². The fourth-order valence-electron chi connectivity index (χ4n) is 1.09. The first-order valence-corrected chi connectivity index (χ1v) is 4.66. The van der Waals surface area contributed by atoms with E-state index in [2.05, 4.69) is 9.72 Å². The van der Waals surface area contributed by atoms with Gasteiger partial charge in [0.2, 0.25) is 0 Å². The lowest BCUT2D eigenvalue weighted by atomic mass is 10.2. The van der Waals surface area contributed by atoms with Crippen LogP contribution in [0, 0.1) is 0 Å². The molecule has 0 saturated heterocycles. The van der Waals surface area contributed by atoms with Crippen LogP contribution >= 0.6 is 0 Å². The summed E-state index contributed by atoms with van der Waals surface area (Å²) in [5, 5.41) is 0. The van der Waals surface area contributed by atoms with E-state index in [0.29, 0.717) is 0 Å². The number of hydrogen-bond acceptors (Lipinski definition) is 4. The second-order valence-corrected chi connectivity index (χ2v) is 2.79. The Hall–Kier alpha value is -1.56. The number of halogens is 2. The molecule has 0 radical (unpaired) electrons. The second kappa shape index (κ2) is 6.12. The van der Waals surface area contributed by atoms with Crippen molar-refractivity contribution in [2.75, 3.05) is 6.61 Å². The van der Waals surface area contributed by atoms with Crippen molar-refractivity contribution in [3.63, 3.8) is 0 Å². The lowest BCUT2D eigenvalue weighted by Gasteiger charge is -2.07. The monoisotopic (exact) mass is 231 g/mol. The highest BCUT2D eigenvalue weighted by Gasteiger charge is 2.14. The fraction of sp³-hybridized carbons (Fsp3) is 0.400. The predicted molar refractivity (Wildman–Crippen MR) is 51.0 cm³/mol. The maximum atomic E-state index is 11.8. The van der Waals surface area contributed by atoms with Crippen molar-refractivity contribution in [1.29, 1.82) is 0 Å². The highest BCUT2D eigenvalue weighted by molar-refractivity contribution is 5.90. The molecule has 0 N–H and O–H groups in total. The minimum absolute atomic E-state index is 0.140. The number of hydrogen-bond donors (Lipinski definition) is 0. The van der Waals surface area contributed by atoms with E-state index in [4.69, 9.17) is 4.74 Å². The molecule has 0 saturated carbocycles. The number of carbonyl (C=O) groups is 1.